The van der Waals surface area contributed by atoms with Crippen LogP contribution in [0.4, 0.5) is 0 Å². The Balaban J connectivity index is 2.37. The quantitative estimate of drug-likeness (QED) is 0.484. The summed E-state index contributed by atoms with van der Waals surface area (Å²) in [5.41, 5.74) is 0. The molecule has 1 fully saturated rings. The zero-order valence-corrected chi connectivity index (χ0v) is 7.23. The second-order valence-corrected chi connectivity index (χ2v) is 2.98. The van der Waals surface area contributed by atoms with E-state index >= 15 is 0 Å². The number of halogens is 1. The molecule has 0 unspecified atom stereocenters. The average Bonchev–Trinajstić information content (AvgIpc) is 2.72. The molecule has 1 aliphatic rings. The average molecular weight is 175 g/mol. The summed E-state index contributed by atoms with van der Waals surface area (Å²) in [5, 5.41) is 0.231. The lowest BCUT2D eigenvalue weighted by molar-refractivity contribution is -0.137. The summed E-state index contributed by atoms with van der Waals surface area (Å²) in [6.07, 6.45) is 4.07. The van der Waals surface area contributed by atoms with E-state index in [0.717, 1.165) is 12.8 Å². The number of esters is 1. The highest BCUT2D eigenvalue weighted by Gasteiger charge is 2.21. The van der Waals surface area contributed by atoms with Crippen LogP contribution in [0.3, 0.4) is 0 Å². The normalized spacial score (nSPS) is 18.2. The molecule has 0 atom stereocenters. The van der Waals surface area contributed by atoms with Crippen LogP contribution >= 0.6 is 11.6 Å². The highest BCUT2D eigenvalue weighted by Crippen LogP contribution is 2.32. The molecule has 0 aromatic rings. The van der Waals surface area contributed by atoms with E-state index in [0.29, 0.717) is 12.5 Å². The van der Waals surface area contributed by atoms with E-state index < -0.39 is 5.97 Å². The van der Waals surface area contributed by atoms with Gasteiger partial charge in [0.25, 0.3) is 0 Å². The Bertz CT molecular complexity index is 183. The van der Waals surface area contributed by atoms with E-state index in [1.54, 1.807) is 13.0 Å². The van der Waals surface area contributed by atoms with Gasteiger partial charge < -0.3 is 4.74 Å². The fraction of sp³-hybridized carbons (Fsp3) is 0.625. The summed E-state index contributed by atoms with van der Waals surface area (Å²) in [6, 6.07) is 0. The minimum absolute atomic E-state index is 0.231. The van der Waals surface area contributed by atoms with Gasteiger partial charge in [0.15, 0.2) is 0 Å². The zero-order valence-electron chi connectivity index (χ0n) is 6.47. The van der Waals surface area contributed by atoms with Crippen LogP contribution in [-0.2, 0) is 9.53 Å². The monoisotopic (exact) mass is 174 g/mol. The topological polar surface area (TPSA) is 26.3 Å². The maximum absolute atomic E-state index is 10.9. The van der Waals surface area contributed by atoms with Crippen LogP contribution in [0.2, 0.25) is 0 Å². The van der Waals surface area contributed by atoms with Gasteiger partial charge in [0.2, 0.25) is 0 Å². The molecule has 0 bridgehead atoms. The SMILES string of the molecule is CCOC(=O)/C(Cl)=C/C1CC1. The molecule has 2 nitrogen and oxygen atoms in total. The van der Waals surface area contributed by atoms with Gasteiger partial charge in [-0.15, -0.1) is 0 Å². The minimum atomic E-state index is -0.402. The molecular weight excluding hydrogens is 164 g/mol. The summed E-state index contributed by atoms with van der Waals surface area (Å²) in [6.45, 7) is 2.15. The fourth-order valence-corrected chi connectivity index (χ4v) is 0.971. The van der Waals surface area contributed by atoms with Gasteiger partial charge in [0.05, 0.1) is 6.61 Å². The first-order valence-corrected chi connectivity index (χ1v) is 4.16. The molecule has 0 heterocycles. The molecule has 0 amide bonds. The van der Waals surface area contributed by atoms with Gasteiger partial charge in [-0.3, -0.25) is 0 Å². The van der Waals surface area contributed by atoms with E-state index in [1.165, 1.54) is 0 Å². The highest BCUT2D eigenvalue weighted by molar-refractivity contribution is 6.41. The third kappa shape index (κ3) is 2.93. The Morgan fingerprint density at radius 2 is 2.36 bits per heavy atom. The summed E-state index contributed by atoms with van der Waals surface area (Å²) >= 11 is 5.63. The maximum atomic E-state index is 10.9. The van der Waals surface area contributed by atoms with Gasteiger partial charge in [0, 0.05) is 0 Å². The molecule has 62 valence electrons. The molecule has 0 aromatic carbocycles. The fourth-order valence-electron chi connectivity index (χ4n) is 0.738. The number of rotatable bonds is 3. The van der Waals surface area contributed by atoms with Gasteiger partial charge in [-0.25, -0.2) is 4.79 Å². The Labute approximate surface area is 71.2 Å². The summed E-state index contributed by atoms with van der Waals surface area (Å²) < 4.78 is 4.69. The first-order valence-electron chi connectivity index (χ1n) is 3.78. The number of hydrogen-bond acceptors (Lipinski definition) is 2. The third-order valence-corrected chi connectivity index (χ3v) is 1.75. The van der Waals surface area contributed by atoms with E-state index in [4.69, 9.17) is 16.3 Å². The molecule has 0 saturated heterocycles. The lowest BCUT2D eigenvalue weighted by Gasteiger charge is -1.97. The Morgan fingerprint density at radius 3 is 2.82 bits per heavy atom. The smallest absolute Gasteiger partial charge is 0.349 e. The summed E-state index contributed by atoms with van der Waals surface area (Å²) in [7, 11) is 0. The van der Waals surface area contributed by atoms with Gasteiger partial charge in [-0.1, -0.05) is 17.7 Å². The van der Waals surface area contributed by atoms with Crippen LogP contribution in [-0.4, -0.2) is 12.6 Å². The maximum Gasteiger partial charge on any atom is 0.349 e. The highest BCUT2D eigenvalue weighted by atomic mass is 35.5. The van der Waals surface area contributed by atoms with Gasteiger partial charge >= 0.3 is 5.97 Å². The number of ether oxygens (including phenoxy) is 1. The van der Waals surface area contributed by atoms with Crippen LogP contribution in [0.15, 0.2) is 11.1 Å². The number of carbonyl (C=O) groups excluding carboxylic acids is 1. The predicted octanol–water partition coefficient (Wildman–Crippen LogP) is 2.08. The second-order valence-electron chi connectivity index (χ2n) is 2.57. The third-order valence-electron chi connectivity index (χ3n) is 1.47. The van der Waals surface area contributed by atoms with Crippen molar-refractivity contribution in [2.45, 2.75) is 19.8 Å². The molecule has 1 rings (SSSR count). The van der Waals surface area contributed by atoms with Crippen molar-refractivity contribution in [3.63, 3.8) is 0 Å². The van der Waals surface area contributed by atoms with Crippen LogP contribution in [0, 0.1) is 5.92 Å². The van der Waals surface area contributed by atoms with Gasteiger partial charge in [0.1, 0.15) is 5.03 Å². The largest absolute Gasteiger partial charge is 0.462 e. The molecule has 0 N–H and O–H groups in total. The zero-order chi connectivity index (χ0) is 8.27. The van der Waals surface area contributed by atoms with Crippen molar-refractivity contribution in [3.8, 4) is 0 Å². The second kappa shape index (κ2) is 3.77. The first kappa shape index (κ1) is 8.60. The standard InChI is InChI=1S/C8H11ClO2/c1-2-11-8(10)7(9)5-6-3-4-6/h5-6H,2-4H2,1H3/b7-5-. The van der Waals surface area contributed by atoms with Crippen molar-refractivity contribution in [2.75, 3.05) is 6.61 Å². The van der Waals surface area contributed by atoms with Crippen molar-refractivity contribution >= 4 is 17.6 Å². The number of carbonyl (C=O) groups is 1. The molecule has 0 aliphatic heterocycles. The summed E-state index contributed by atoms with van der Waals surface area (Å²) in [5.74, 6) is 0.118. The van der Waals surface area contributed by atoms with Crippen LogP contribution in [0.5, 0.6) is 0 Å². The van der Waals surface area contributed by atoms with Gasteiger partial charge in [-0.2, -0.15) is 0 Å². The Morgan fingerprint density at radius 1 is 1.73 bits per heavy atom. The van der Waals surface area contributed by atoms with Crippen LogP contribution < -0.4 is 0 Å². The molecule has 0 spiro atoms. The van der Waals surface area contributed by atoms with Crippen molar-refractivity contribution < 1.29 is 9.53 Å². The van der Waals surface area contributed by atoms with E-state index in [2.05, 4.69) is 0 Å². The first-order chi connectivity index (χ1) is 5.24. The minimum Gasteiger partial charge on any atom is -0.462 e. The van der Waals surface area contributed by atoms with Crippen molar-refractivity contribution in [3.05, 3.63) is 11.1 Å². The Kier molecular flexibility index (Phi) is 2.94. The molecule has 0 radical (unpaired) electrons. The number of allylic oxidation sites excluding steroid dienone is 1. The molecule has 11 heavy (non-hydrogen) atoms. The number of hydrogen-bond donors (Lipinski definition) is 0. The van der Waals surface area contributed by atoms with Crippen molar-refractivity contribution in [2.24, 2.45) is 5.92 Å². The summed E-state index contributed by atoms with van der Waals surface area (Å²) in [4.78, 5) is 10.9. The molecular formula is C8H11ClO2. The van der Waals surface area contributed by atoms with Crippen LogP contribution in [0.25, 0.3) is 0 Å². The van der Waals surface area contributed by atoms with Crippen LogP contribution in [0.1, 0.15) is 19.8 Å². The molecule has 1 saturated carbocycles. The van der Waals surface area contributed by atoms with E-state index in [1.807, 2.05) is 0 Å². The van der Waals surface area contributed by atoms with Gasteiger partial charge in [-0.05, 0) is 25.7 Å². The van der Waals surface area contributed by atoms with E-state index in [-0.39, 0.29) is 5.03 Å². The Hall–Kier alpha value is -0.500. The lowest BCUT2D eigenvalue weighted by atomic mass is 10.4. The molecule has 0 aromatic heterocycles. The molecule has 1 aliphatic carbocycles. The lowest BCUT2D eigenvalue weighted by Crippen LogP contribution is -2.03. The van der Waals surface area contributed by atoms with Crippen molar-refractivity contribution in [1.82, 2.24) is 0 Å². The van der Waals surface area contributed by atoms with E-state index in [9.17, 15) is 4.79 Å². The molecule has 3 heteroatoms. The predicted molar refractivity (Wildman–Crippen MR) is 43.3 cm³/mol. The van der Waals surface area contributed by atoms with Crippen molar-refractivity contribution in [1.29, 1.82) is 0 Å².